The van der Waals surface area contributed by atoms with Crippen molar-refractivity contribution < 1.29 is 19.1 Å². The second-order valence-electron chi connectivity index (χ2n) is 7.00. The van der Waals surface area contributed by atoms with E-state index in [0.29, 0.717) is 12.1 Å². The number of hydrogen-bond acceptors (Lipinski definition) is 4. The monoisotopic (exact) mass is 406 g/mol. The highest BCUT2D eigenvalue weighted by molar-refractivity contribution is 5.98. The summed E-state index contributed by atoms with van der Waals surface area (Å²) in [6, 6.07) is 20.6. The van der Waals surface area contributed by atoms with Crippen molar-refractivity contribution in [1.82, 2.24) is 5.32 Å². The van der Waals surface area contributed by atoms with Gasteiger partial charge in [0.15, 0.2) is 0 Å². The highest BCUT2D eigenvalue weighted by Crippen LogP contribution is 2.19. The van der Waals surface area contributed by atoms with Gasteiger partial charge in [-0.3, -0.25) is 4.79 Å². The van der Waals surface area contributed by atoms with Crippen molar-refractivity contribution in [3.8, 4) is 5.75 Å². The number of methoxy groups -OCH3 is 1. The number of aryl methyl sites for hydroxylation is 1. The fourth-order valence-electron chi connectivity index (χ4n) is 3.03. The quantitative estimate of drug-likeness (QED) is 0.539. The lowest BCUT2D eigenvalue weighted by Gasteiger charge is -2.14. The Morgan fingerprint density at radius 3 is 2.43 bits per heavy atom. The maximum Gasteiger partial charge on any atom is 0.407 e. The average molecular weight is 406 g/mol. The SMILES string of the molecule is COc1ccc(CCCOC(=O)NC(C)C(=O)Nc2ccc3ccccc3c2)cc1. The molecule has 0 aliphatic rings. The summed E-state index contributed by atoms with van der Waals surface area (Å²) in [5.41, 5.74) is 1.82. The number of nitrogens with one attached hydrogen (secondary N) is 2. The zero-order valence-electron chi connectivity index (χ0n) is 17.2. The van der Waals surface area contributed by atoms with E-state index in [2.05, 4.69) is 10.6 Å². The molecule has 0 fully saturated rings. The summed E-state index contributed by atoms with van der Waals surface area (Å²) >= 11 is 0. The van der Waals surface area contributed by atoms with Crippen LogP contribution in [0.1, 0.15) is 18.9 Å². The first-order valence-electron chi connectivity index (χ1n) is 9.91. The van der Waals surface area contributed by atoms with Crippen molar-refractivity contribution in [1.29, 1.82) is 0 Å². The van der Waals surface area contributed by atoms with Crippen molar-refractivity contribution in [2.45, 2.75) is 25.8 Å². The van der Waals surface area contributed by atoms with Crippen LogP contribution in [0.15, 0.2) is 66.7 Å². The Kier molecular flexibility index (Phi) is 7.27. The number of alkyl carbamates (subject to hydrolysis) is 1. The summed E-state index contributed by atoms with van der Waals surface area (Å²) in [4.78, 5) is 24.3. The first-order chi connectivity index (χ1) is 14.5. The van der Waals surface area contributed by atoms with E-state index in [1.807, 2.05) is 66.7 Å². The number of rotatable bonds is 8. The van der Waals surface area contributed by atoms with Gasteiger partial charge >= 0.3 is 6.09 Å². The molecule has 6 nitrogen and oxygen atoms in total. The van der Waals surface area contributed by atoms with Crippen LogP contribution >= 0.6 is 0 Å². The molecule has 3 aromatic rings. The molecule has 1 unspecified atom stereocenters. The predicted octanol–water partition coefficient (Wildman–Crippen LogP) is 4.53. The molecule has 0 heterocycles. The molecule has 0 spiro atoms. The molecule has 156 valence electrons. The third kappa shape index (κ3) is 5.98. The molecule has 0 bridgehead atoms. The number of benzene rings is 3. The minimum Gasteiger partial charge on any atom is -0.497 e. The Labute approximate surface area is 176 Å². The van der Waals surface area contributed by atoms with Crippen LogP contribution in [0.4, 0.5) is 10.5 Å². The summed E-state index contributed by atoms with van der Waals surface area (Å²) in [6.45, 7) is 1.89. The van der Waals surface area contributed by atoms with Gasteiger partial charge in [-0.1, -0.05) is 42.5 Å². The molecule has 6 heteroatoms. The van der Waals surface area contributed by atoms with Gasteiger partial charge in [0.25, 0.3) is 0 Å². The van der Waals surface area contributed by atoms with Crippen LogP contribution in [0.3, 0.4) is 0 Å². The molecule has 0 aliphatic heterocycles. The van der Waals surface area contributed by atoms with E-state index in [0.717, 1.165) is 28.5 Å². The normalized spacial score (nSPS) is 11.5. The molecule has 3 aromatic carbocycles. The molecule has 1 atom stereocenters. The molecule has 0 aliphatic carbocycles. The summed E-state index contributed by atoms with van der Waals surface area (Å²) < 4.78 is 10.3. The number of ether oxygens (including phenoxy) is 2. The second-order valence-corrected chi connectivity index (χ2v) is 7.00. The van der Waals surface area contributed by atoms with Gasteiger partial charge in [-0.15, -0.1) is 0 Å². The van der Waals surface area contributed by atoms with Crippen molar-refractivity contribution in [2.75, 3.05) is 19.0 Å². The minimum atomic E-state index is -0.717. The predicted molar refractivity (Wildman–Crippen MR) is 118 cm³/mol. The first-order valence-corrected chi connectivity index (χ1v) is 9.91. The molecule has 0 saturated carbocycles. The molecular weight excluding hydrogens is 380 g/mol. The van der Waals surface area contributed by atoms with Crippen LogP contribution in [0.5, 0.6) is 5.75 Å². The van der Waals surface area contributed by atoms with E-state index < -0.39 is 12.1 Å². The number of amides is 2. The van der Waals surface area contributed by atoms with E-state index in [4.69, 9.17) is 9.47 Å². The van der Waals surface area contributed by atoms with Crippen LogP contribution in [0.2, 0.25) is 0 Å². The average Bonchev–Trinajstić information content (AvgIpc) is 2.77. The summed E-state index contributed by atoms with van der Waals surface area (Å²) in [5, 5.41) is 7.51. The van der Waals surface area contributed by atoms with Gasteiger partial charge in [0.1, 0.15) is 11.8 Å². The third-order valence-electron chi connectivity index (χ3n) is 4.75. The van der Waals surface area contributed by atoms with Gasteiger partial charge < -0.3 is 20.1 Å². The van der Waals surface area contributed by atoms with E-state index in [1.165, 1.54) is 0 Å². The van der Waals surface area contributed by atoms with Crippen LogP contribution < -0.4 is 15.4 Å². The highest BCUT2D eigenvalue weighted by atomic mass is 16.5. The molecule has 0 radical (unpaired) electrons. The fourth-order valence-corrected chi connectivity index (χ4v) is 3.03. The lowest BCUT2D eigenvalue weighted by atomic mass is 10.1. The molecule has 30 heavy (non-hydrogen) atoms. The first kappa shape index (κ1) is 21.2. The number of carbonyl (C=O) groups excluding carboxylic acids is 2. The van der Waals surface area contributed by atoms with Crippen molar-refractivity contribution in [3.63, 3.8) is 0 Å². The second kappa shape index (κ2) is 10.3. The van der Waals surface area contributed by atoms with Crippen LogP contribution in [-0.4, -0.2) is 31.8 Å². The van der Waals surface area contributed by atoms with Gasteiger partial charge in [0.2, 0.25) is 5.91 Å². The van der Waals surface area contributed by atoms with Crippen molar-refractivity contribution in [3.05, 3.63) is 72.3 Å². The Morgan fingerprint density at radius 2 is 1.70 bits per heavy atom. The Balaban J connectivity index is 1.39. The van der Waals surface area contributed by atoms with Crippen LogP contribution in [-0.2, 0) is 16.0 Å². The number of carbonyl (C=O) groups is 2. The molecule has 2 N–H and O–H groups in total. The topological polar surface area (TPSA) is 76.7 Å². The molecule has 0 aromatic heterocycles. The largest absolute Gasteiger partial charge is 0.497 e. The lowest BCUT2D eigenvalue weighted by molar-refractivity contribution is -0.117. The molecule has 2 amide bonds. The zero-order valence-corrected chi connectivity index (χ0v) is 17.2. The maximum absolute atomic E-state index is 12.4. The Morgan fingerprint density at radius 1 is 0.967 bits per heavy atom. The third-order valence-corrected chi connectivity index (χ3v) is 4.75. The Hall–Kier alpha value is -3.54. The molecule has 3 rings (SSSR count). The minimum absolute atomic E-state index is 0.275. The maximum atomic E-state index is 12.4. The summed E-state index contributed by atoms with van der Waals surface area (Å²) in [7, 11) is 1.63. The zero-order chi connectivity index (χ0) is 21.3. The van der Waals surface area contributed by atoms with Gasteiger partial charge in [0, 0.05) is 5.69 Å². The molecule has 0 saturated heterocycles. The van der Waals surface area contributed by atoms with Gasteiger partial charge in [0.05, 0.1) is 13.7 Å². The van der Waals surface area contributed by atoms with E-state index in [-0.39, 0.29) is 12.5 Å². The van der Waals surface area contributed by atoms with E-state index >= 15 is 0 Å². The van der Waals surface area contributed by atoms with Gasteiger partial charge in [-0.25, -0.2) is 4.79 Å². The van der Waals surface area contributed by atoms with Crippen molar-refractivity contribution in [2.24, 2.45) is 0 Å². The summed E-state index contributed by atoms with van der Waals surface area (Å²) in [5.74, 6) is 0.505. The lowest BCUT2D eigenvalue weighted by Crippen LogP contribution is -2.41. The number of anilines is 1. The van der Waals surface area contributed by atoms with E-state index in [9.17, 15) is 9.59 Å². The number of fused-ring (bicyclic) bond motifs is 1. The highest BCUT2D eigenvalue weighted by Gasteiger charge is 2.16. The molecular formula is C24H26N2O4. The fraction of sp³-hybridized carbons (Fsp3) is 0.250. The van der Waals surface area contributed by atoms with Gasteiger partial charge in [-0.05, 0) is 60.4 Å². The standard InChI is InChI=1S/C24H26N2O4/c1-17(23(27)26-21-12-11-19-7-3-4-8-20(19)16-21)25-24(28)30-15-5-6-18-9-13-22(29-2)14-10-18/h3-4,7-14,16-17H,5-6,15H2,1-2H3,(H,25,28)(H,26,27). The number of hydrogen-bond donors (Lipinski definition) is 2. The Bertz CT molecular complexity index is 1000. The van der Waals surface area contributed by atoms with Crippen LogP contribution in [0.25, 0.3) is 10.8 Å². The van der Waals surface area contributed by atoms with E-state index in [1.54, 1.807) is 14.0 Å². The summed E-state index contributed by atoms with van der Waals surface area (Å²) in [6.07, 6.45) is 0.873. The van der Waals surface area contributed by atoms with Crippen molar-refractivity contribution >= 4 is 28.5 Å². The van der Waals surface area contributed by atoms with Gasteiger partial charge in [-0.2, -0.15) is 0 Å². The van der Waals surface area contributed by atoms with Crippen LogP contribution in [0, 0.1) is 0 Å². The smallest absolute Gasteiger partial charge is 0.407 e.